The van der Waals surface area contributed by atoms with Gasteiger partial charge in [-0.1, -0.05) is 0 Å². The van der Waals surface area contributed by atoms with Gasteiger partial charge in [-0.2, -0.15) is 0 Å². The van der Waals surface area contributed by atoms with Gasteiger partial charge in [0.25, 0.3) is 0 Å². The maximum absolute atomic E-state index is 9.97. The molecule has 1 saturated heterocycles. The van der Waals surface area contributed by atoms with Crippen molar-refractivity contribution in [3.8, 4) is 0 Å². The maximum Gasteiger partial charge on any atom is 0.110 e. The van der Waals surface area contributed by atoms with E-state index in [1.807, 2.05) is 27.7 Å². The van der Waals surface area contributed by atoms with Gasteiger partial charge in [-0.05, 0) is 27.7 Å². The number of aliphatic hydroxyl groups is 3. The molecule has 1 aliphatic heterocycles. The highest BCUT2D eigenvalue weighted by atomic mass is 16.5. The van der Waals surface area contributed by atoms with Gasteiger partial charge in [0.1, 0.15) is 18.3 Å². The highest BCUT2D eigenvalue weighted by molar-refractivity contribution is 4.96. The third-order valence-corrected chi connectivity index (χ3v) is 2.77. The van der Waals surface area contributed by atoms with Crippen molar-refractivity contribution in [2.45, 2.75) is 63.7 Å². The van der Waals surface area contributed by atoms with Crippen LogP contribution in [-0.4, -0.2) is 57.9 Å². The van der Waals surface area contributed by atoms with E-state index in [1.165, 1.54) is 0 Å². The van der Waals surface area contributed by atoms with E-state index >= 15 is 0 Å². The van der Waals surface area contributed by atoms with Crippen molar-refractivity contribution in [3.63, 3.8) is 0 Å². The van der Waals surface area contributed by atoms with Gasteiger partial charge < -0.3 is 25.4 Å². The van der Waals surface area contributed by atoms with Crippen LogP contribution < -0.4 is 5.32 Å². The molecule has 0 aromatic heterocycles. The molecule has 16 heavy (non-hydrogen) atoms. The first-order valence-corrected chi connectivity index (χ1v) is 5.66. The first kappa shape index (κ1) is 13.9. The minimum atomic E-state index is -1.05. The molecule has 96 valence electrons. The largest absolute Gasteiger partial charge is 0.394 e. The van der Waals surface area contributed by atoms with E-state index in [0.29, 0.717) is 0 Å². The lowest BCUT2D eigenvalue weighted by Crippen LogP contribution is -2.65. The first-order valence-electron chi connectivity index (χ1n) is 5.66. The Hall–Kier alpha value is -0.200. The van der Waals surface area contributed by atoms with E-state index in [-0.39, 0.29) is 24.3 Å². The summed E-state index contributed by atoms with van der Waals surface area (Å²) in [6.07, 6.45) is -2.95. The van der Waals surface area contributed by atoms with Crippen LogP contribution in [0.25, 0.3) is 0 Å². The van der Waals surface area contributed by atoms with Gasteiger partial charge in [0.15, 0.2) is 0 Å². The van der Waals surface area contributed by atoms with E-state index in [0.717, 1.165) is 0 Å². The highest BCUT2D eigenvalue weighted by Crippen LogP contribution is 2.22. The van der Waals surface area contributed by atoms with Crippen molar-refractivity contribution >= 4 is 0 Å². The van der Waals surface area contributed by atoms with Crippen LogP contribution in [0.4, 0.5) is 0 Å². The number of nitrogens with one attached hydrogen (secondary N) is 1. The van der Waals surface area contributed by atoms with E-state index in [2.05, 4.69) is 5.32 Å². The first-order chi connectivity index (χ1) is 7.26. The highest BCUT2D eigenvalue weighted by Gasteiger charge is 2.43. The Morgan fingerprint density at radius 1 is 1.19 bits per heavy atom. The number of hydrogen-bond acceptors (Lipinski definition) is 5. The number of rotatable bonds is 2. The smallest absolute Gasteiger partial charge is 0.110 e. The second-order valence-electron chi connectivity index (χ2n) is 5.46. The van der Waals surface area contributed by atoms with Gasteiger partial charge in [0, 0.05) is 5.54 Å². The zero-order valence-corrected chi connectivity index (χ0v) is 10.3. The molecule has 4 N–H and O–H groups in total. The molecule has 0 aromatic carbocycles. The Morgan fingerprint density at radius 3 is 2.19 bits per heavy atom. The van der Waals surface area contributed by atoms with Crippen LogP contribution in [0.2, 0.25) is 0 Å². The van der Waals surface area contributed by atoms with E-state index in [4.69, 9.17) is 9.84 Å². The fraction of sp³-hybridized carbons (Fsp3) is 1.00. The van der Waals surface area contributed by atoms with Crippen LogP contribution in [-0.2, 0) is 4.74 Å². The quantitative estimate of drug-likeness (QED) is 0.504. The molecule has 1 rings (SSSR count). The molecule has 0 bridgehead atoms. The van der Waals surface area contributed by atoms with Crippen molar-refractivity contribution in [2.75, 3.05) is 6.61 Å². The van der Waals surface area contributed by atoms with Gasteiger partial charge in [0.2, 0.25) is 0 Å². The predicted molar refractivity (Wildman–Crippen MR) is 60.1 cm³/mol. The number of ether oxygens (including phenoxy) is 1. The molecular formula is C11H23NO4. The Bertz CT molecular complexity index is 229. The Kier molecular flexibility index (Phi) is 4.31. The fourth-order valence-corrected chi connectivity index (χ4v) is 2.00. The molecule has 0 aromatic rings. The van der Waals surface area contributed by atoms with Crippen molar-refractivity contribution < 1.29 is 20.1 Å². The van der Waals surface area contributed by atoms with Gasteiger partial charge in [-0.3, -0.25) is 0 Å². The van der Waals surface area contributed by atoms with Crippen molar-refractivity contribution in [3.05, 3.63) is 0 Å². The average Bonchev–Trinajstić information content (AvgIpc) is 2.17. The molecule has 0 aliphatic carbocycles. The normalized spacial score (nSPS) is 41.1. The monoisotopic (exact) mass is 233 g/mol. The third kappa shape index (κ3) is 3.15. The molecule has 1 heterocycles. The number of aliphatic hydroxyl groups excluding tert-OH is 3. The van der Waals surface area contributed by atoms with E-state index in [9.17, 15) is 10.2 Å². The molecule has 0 amide bonds. The van der Waals surface area contributed by atoms with Crippen LogP contribution in [0.5, 0.6) is 0 Å². The molecule has 5 nitrogen and oxygen atoms in total. The zero-order chi connectivity index (χ0) is 12.5. The lowest BCUT2D eigenvalue weighted by atomic mass is 9.91. The van der Waals surface area contributed by atoms with Gasteiger partial charge in [-0.25, -0.2) is 0 Å². The summed E-state index contributed by atoms with van der Waals surface area (Å²) in [7, 11) is 0. The van der Waals surface area contributed by atoms with Crippen LogP contribution >= 0.6 is 0 Å². The molecule has 1 fully saturated rings. The molecule has 0 radical (unpaired) electrons. The Morgan fingerprint density at radius 2 is 1.75 bits per heavy atom. The Balaban J connectivity index is 2.72. The van der Waals surface area contributed by atoms with E-state index in [1.54, 1.807) is 0 Å². The van der Waals surface area contributed by atoms with Crippen LogP contribution in [0.15, 0.2) is 0 Å². The summed E-state index contributed by atoms with van der Waals surface area (Å²) < 4.78 is 5.45. The summed E-state index contributed by atoms with van der Waals surface area (Å²) in [6.45, 7) is 7.48. The minimum Gasteiger partial charge on any atom is -0.394 e. The Labute approximate surface area is 96.4 Å². The lowest BCUT2D eigenvalue weighted by molar-refractivity contribution is -0.192. The zero-order valence-electron chi connectivity index (χ0n) is 10.3. The van der Waals surface area contributed by atoms with Crippen molar-refractivity contribution in [1.29, 1.82) is 0 Å². The topological polar surface area (TPSA) is 82.0 Å². The van der Waals surface area contributed by atoms with Crippen LogP contribution in [0, 0.1) is 0 Å². The average molecular weight is 233 g/mol. The third-order valence-electron chi connectivity index (χ3n) is 2.77. The molecule has 0 spiro atoms. The summed E-state index contributed by atoms with van der Waals surface area (Å²) in [5.74, 6) is 0. The molecule has 0 saturated carbocycles. The fourth-order valence-electron chi connectivity index (χ4n) is 2.00. The summed E-state index contributed by atoms with van der Waals surface area (Å²) >= 11 is 0. The summed E-state index contributed by atoms with van der Waals surface area (Å²) in [6, 6.07) is -0.335. The van der Waals surface area contributed by atoms with Crippen LogP contribution in [0.3, 0.4) is 0 Å². The summed E-state index contributed by atoms with van der Waals surface area (Å²) in [5.41, 5.74) is -0.172. The summed E-state index contributed by atoms with van der Waals surface area (Å²) in [5, 5.41) is 31.9. The summed E-state index contributed by atoms with van der Waals surface area (Å²) in [4.78, 5) is 0. The van der Waals surface area contributed by atoms with Gasteiger partial charge >= 0.3 is 0 Å². The second-order valence-corrected chi connectivity index (χ2v) is 5.46. The minimum absolute atomic E-state index is 0.172. The molecule has 5 atom stereocenters. The lowest BCUT2D eigenvalue weighted by Gasteiger charge is -2.44. The van der Waals surface area contributed by atoms with Crippen molar-refractivity contribution in [2.24, 2.45) is 0 Å². The molecular weight excluding hydrogens is 210 g/mol. The van der Waals surface area contributed by atoms with Gasteiger partial charge in [-0.15, -0.1) is 0 Å². The standard InChI is InChI=1S/C11H23NO4/c1-6-8(12-11(2,3)4)10(15)9(14)7(5-13)16-6/h6-10,12-15H,5H2,1-4H3/t6?,7?,8-,9-,10-/m1/s1. The van der Waals surface area contributed by atoms with Crippen molar-refractivity contribution in [1.82, 2.24) is 5.32 Å². The second kappa shape index (κ2) is 4.98. The molecule has 5 heteroatoms. The predicted octanol–water partition coefficient (Wildman–Crippen LogP) is -0.755. The maximum atomic E-state index is 9.97. The van der Waals surface area contributed by atoms with Crippen LogP contribution in [0.1, 0.15) is 27.7 Å². The van der Waals surface area contributed by atoms with Gasteiger partial charge in [0.05, 0.1) is 18.8 Å². The van der Waals surface area contributed by atoms with E-state index < -0.39 is 18.3 Å². The molecule has 1 aliphatic rings. The molecule has 2 unspecified atom stereocenters. The number of hydrogen-bond donors (Lipinski definition) is 4. The SMILES string of the molecule is CC1OC(CO)[C@@H](O)[C@H](O)[C@@H]1NC(C)(C)C.